The molecule has 9 aromatic rings. The fourth-order valence-corrected chi connectivity index (χ4v) is 11.7. The molecule has 12 rings (SSSR count). The van der Waals surface area contributed by atoms with Gasteiger partial charge in [0.1, 0.15) is 0 Å². The first-order valence-electron chi connectivity index (χ1n) is 20.3. The molecule has 0 bridgehead atoms. The molecule has 0 saturated carbocycles. The monoisotopic (exact) mass is 757 g/mol. The molecule has 0 amide bonds. The average Bonchev–Trinajstić information content (AvgIpc) is 3.69. The summed E-state index contributed by atoms with van der Waals surface area (Å²) in [6.45, 7) is 4.74. The molecule has 0 N–H and O–H groups in total. The van der Waals surface area contributed by atoms with E-state index < -0.39 is 5.41 Å². The van der Waals surface area contributed by atoms with Gasteiger partial charge in [-0.15, -0.1) is 0 Å². The Kier molecular flexibility index (Phi) is 7.19. The molecule has 1 aliphatic heterocycles. The van der Waals surface area contributed by atoms with Gasteiger partial charge in [-0.1, -0.05) is 177 Å². The second-order valence-corrected chi connectivity index (χ2v) is 17.6. The van der Waals surface area contributed by atoms with E-state index >= 15 is 0 Å². The predicted molar refractivity (Wildman–Crippen MR) is 243 cm³/mol. The van der Waals surface area contributed by atoms with Crippen molar-refractivity contribution in [3.05, 3.63) is 234 Å². The van der Waals surface area contributed by atoms with Crippen LogP contribution in [0.2, 0.25) is 0 Å². The summed E-state index contributed by atoms with van der Waals surface area (Å²) in [4.78, 5) is 5.06. The second-order valence-electron chi connectivity index (χ2n) is 16.5. The maximum absolute atomic E-state index is 2.47. The zero-order chi connectivity index (χ0) is 38.6. The smallest absolute Gasteiger partial charge is 0.0735 e. The van der Waals surface area contributed by atoms with Crippen LogP contribution in [0.25, 0.3) is 44.2 Å². The third-order valence-electron chi connectivity index (χ3n) is 13.1. The molecule has 9 aromatic carbocycles. The first-order chi connectivity index (χ1) is 28.5. The van der Waals surface area contributed by atoms with Crippen LogP contribution in [0.15, 0.2) is 210 Å². The molecule has 3 aliphatic rings. The molecule has 1 nitrogen and oxygen atoms in total. The van der Waals surface area contributed by atoms with Crippen molar-refractivity contribution < 1.29 is 0 Å². The molecule has 0 fully saturated rings. The molecule has 1 heterocycles. The van der Waals surface area contributed by atoms with Gasteiger partial charge in [-0.2, -0.15) is 0 Å². The fourth-order valence-electron chi connectivity index (χ4n) is 10.4. The molecule has 0 atom stereocenters. The molecular weight excluding hydrogens is 719 g/mol. The summed E-state index contributed by atoms with van der Waals surface area (Å²) in [7, 11) is 0. The van der Waals surface area contributed by atoms with Gasteiger partial charge in [0.25, 0.3) is 0 Å². The Morgan fingerprint density at radius 1 is 0.345 bits per heavy atom. The largest absolute Gasteiger partial charge is 0.310 e. The highest BCUT2D eigenvalue weighted by Gasteiger charge is 2.50. The molecule has 0 saturated heterocycles. The maximum Gasteiger partial charge on any atom is 0.0735 e. The highest BCUT2D eigenvalue weighted by molar-refractivity contribution is 7.99. The van der Waals surface area contributed by atoms with Crippen molar-refractivity contribution in [3.8, 4) is 33.4 Å². The molecule has 274 valence electrons. The zero-order valence-electron chi connectivity index (χ0n) is 32.4. The molecule has 58 heavy (non-hydrogen) atoms. The summed E-state index contributed by atoms with van der Waals surface area (Å²) in [5, 5.41) is 2.54. The van der Waals surface area contributed by atoms with Gasteiger partial charge in [0.15, 0.2) is 0 Å². The van der Waals surface area contributed by atoms with Crippen LogP contribution < -0.4 is 4.90 Å². The van der Waals surface area contributed by atoms with Crippen LogP contribution in [-0.4, -0.2) is 0 Å². The van der Waals surface area contributed by atoms with E-state index in [-0.39, 0.29) is 5.41 Å². The van der Waals surface area contributed by atoms with Gasteiger partial charge >= 0.3 is 0 Å². The maximum atomic E-state index is 2.47. The van der Waals surface area contributed by atoms with Crippen molar-refractivity contribution in [2.24, 2.45) is 0 Å². The van der Waals surface area contributed by atoms with Crippen LogP contribution in [0.3, 0.4) is 0 Å². The van der Waals surface area contributed by atoms with E-state index in [4.69, 9.17) is 0 Å². The van der Waals surface area contributed by atoms with E-state index in [2.05, 4.69) is 219 Å². The van der Waals surface area contributed by atoms with E-state index in [9.17, 15) is 0 Å². The Morgan fingerprint density at radius 2 is 0.845 bits per heavy atom. The fraction of sp³-hybridized carbons (Fsp3) is 0.0714. The van der Waals surface area contributed by atoms with Gasteiger partial charge in [-0.3, -0.25) is 0 Å². The Hall–Kier alpha value is -6.61. The molecule has 0 aromatic heterocycles. The van der Waals surface area contributed by atoms with Crippen molar-refractivity contribution in [1.82, 2.24) is 0 Å². The topological polar surface area (TPSA) is 3.24 Å². The van der Waals surface area contributed by atoms with Gasteiger partial charge < -0.3 is 4.90 Å². The van der Waals surface area contributed by atoms with Gasteiger partial charge in [0.05, 0.1) is 5.41 Å². The summed E-state index contributed by atoms with van der Waals surface area (Å²) in [5.74, 6) is 0. The number of nitrogens with zero attached hydrogens (tertiary/aromatic N) is 1. The van der Waals surface area contributed by atoms with Crippen LogP contribution in [0.5, 0.6) is 0 Å². The van der Waals surface area contributed by atoms with Crippen molar-refractivity contribution in [2.75, 3.05) is 4.90 Å². The van der Waals surface area contributed by atoms with Crippen LogP contribution in [-0.2, 0) is 10.8 Å². The predicted octanol–water partition coefficient (Wildman–Crippen LogP) is 15.1. The van der Waals surface area contributed by atoms with Crippen molar-refractivity contribution in [3.63, 3.8) is 0 Å². The van der Waals surface area contributed by atoms with Gasteiger partial charge in [-0.25, -0.2) is 0 Å². The lowest BCUT2D eigenvalue weighted by Gasteiger charge is -2.40. The average molecular weight is 758 g/mol. The van der Waals surface area contributed by atoms with Crippen LogP contribution in [0.1, 0.15) is 47.2 Å². The number of hydrogen-bond donors (Lipinski definition) is 0. The lowest BCUT2D eigenvalue weighted by molar-refractivity contribution is 0.660. The van der Waals surface area contributed by atoms with E-state index in [1.807, 2.05) is 11.8 Å². The van der Waals surface area contributed by atoms with Gasteiger partial charge in [0, 0.05) is 32.3 Å². The van der Waals surface area contributed by atoms with Gasteiger partial charge in [0.2, 0.25) is 0 Å². The summed E-state index contributed by atoms with van der Waals surface area (Å²) in [6.07, 6.45) is 0. The minimum Gasteiger partial charge on any atom is -0.310 e. The Bertz CT molecular complexity index is 3080. The van der Waals surface area contributed by atoms with E-state index in [0.717, 1.165) is 17.1 Å². The molecule has 0 radical (unpaired) electrons. The minimum absolute atomic E-state index is 0.113. The highest BCUT2D eigenvalue weighted by Crippen LogP contribution is 2.63. The number of rotatable bonds is 4. The minimum atomic E-state index is -0.447. The summed E-state index contributed by atoms with van der Waals surface area (Å²) in [5.41, 5.74) is 18.8. The normalized spacial score (nSPS) is 14.6. The number of anilines is 3. The molecular formula is C56H39NS. The third-order valence-corrected chi connectivity index (χ3v) is 14.2. The number of hydrogen-bond acceptors (Lipinski definition) is 2. The van der Waals surface area contributed by atoms with E-state index in [0.29, 0.717) is 0 Å². The quantitative estimate of drug-likeness (QED) is 0.176. The second kappa shape index (κ2) is 12.4. The Labute approximate surface area is 344 Å². The third kappa shape index (κ3) is 4.67. The SMILES string of the molecule is CC1(C)c2ccccc2-c2ccc(N(c3ccc(-c4ccccc4)cc3)c3ccc4c(c3)Sc3cc5ccccc5cc3C43c4ccccc4-c4ccccc43)cc21. The number of fused-ring (bicyclic) bond motifs is 13. The molecule has 1 spiro atoms. The molecule has 2 aliphatic carbocycles. The summed E-state index contributed by atoms with van der Waals surface area (Å²) < 4.78 is 0. The van der Waals surface area contributed by atoms with Crippen molar-refractivity contribution >= 4 is 39.6 Å². The van der Waals surface area contributed by atoms with Crippen molar-refractivity contribution in [1.29, 1.82) is 0 Å². The van der Waals surface area contributed by atoms with Crippen LogP contribution in [0, 0.1) is 0 Å². The summed E-state index contributed by atoms with van der Waals surface area (Å²) >= 11 is 1.91. The van der Waals surface area contributed by atoms with Crippen LogP contribution in [0.4, 0.5) is 17.1 Å². The first kappa shape index (κ1) is 33.5. The van der Waals surface area contributed by atoms with Gasteiger partial charge in [-0.05, 0) is 126 Å². The Morgan fingerprint density at radius 3 is 1.55 bits per heavy atom. The zero-order valence-corrected chi connectivity index (χ0v) is 33.2. The first-order valence-corrected chi connectivity index (χ1v) is 21.1. The van der Waals surface area contributed by atoms with E-state index in [1.54, 1.807) is 0 Å². The molecule has 0 unspecified atom stereocenters. The van der Waals surface area contributed by atoms with E-state index in [1.165, 1.54) is 87.3 Å². The molecule has 2 heteroatoms. The summed E-state index contributed by atoms with van der Waals surface area (Å²) in [6, 6.07) is 75.0. The van der Waals surface area contributed by atoms with Crippen LogP contribution >= 0.6 is 11.8 Å². The number of benzene rings is 9. The highest BCUT2D eigenvalue weighted by atomic mass is 32.2. The standard InChI is InChI=1S/C56H39NS/c1-55(2)47-21-11-8-18-43(47)46-30-28-41(34-51(46)55)57(40-26-24-37(25-27-40)36-14-4-3-5-15-36)42-29-31-50-54(35-42)58-53-33-39-17-7-6-16-38(39)32-52(53)56(50)48-22-12-9-19-44(48)45-20-10-13-23-49(45)56/h3-35H,1-2H3. The lowest BCUT2D eigenvalue weighted by atomic mass is 9.67. The van der Waals surface area contributed by atoms with Crippen molar-refractivity contribution in [2.45, 2.75) is 34.5 Å². The Balaban J connectivity index is 1.09. The lowest BCUT2D eigenvalue weighted by Crippen LogP contribution is -2.32.